The number of aromatic nitrogens is 4. The molecule has 4 heterocycles. The van der Waals surface area contributed by atoms with E-state index >= 15 is 0 Å². The Morgan fingerprint density at radius 2 is 1.59 bits per heavy atom. The highest BCUT2D eigenvalue weighted by molar-refractivity contribution is 6.36. The van der Waals surface area contributed by atoms with Gasteiger partial charge in [0.15, 0.2) is 5.82 Å². The van der Waals surface area contributed by atoms with Crippen molar-refractivity contribution in [3.63, 3.8) is 0 Å². The van der Waals surface area contributed by atoms with Crippen molar-refractivity contribution in [3.05, 3.63) is 76.4 Å². The number of nitrogens with zero attached hydrogens (tertiary/aromatic N) is 6. The molecule has 0 bridgehead atoms. The molecule has 2 atom stereocenters. The molecule has 1 aliphatic carbocycles. The predicted octanol–water partition coefficient (Wildman–Crippen LogP) is 7.18. The number of ether oxygens (including phenoxy) is 4. The molecule has 0 unspecified atom stereocenters. The summed E-state index contributed by atoms with van der Waals surface area (Å²) < 4.78 is 24.8. The zero-order valence-electron chi connectivity index (χ0n) is 34.1. The summed E-state index contributed by atoms with van der Waals surface area (Å²) in [7, 11) is 8.95. The number of aryl methyl sites for hydroxylation is 1. The molecule has 14 heteroatoms. The Labute approximate surface area is 344 Å². The largest absolute Gasteiger partial charge is 0.496 e. The minimum atomic E-state index is -0.714. The predicted molar refractivity (Wildman–Crippen MR) is 223 cm³/mol. The van der Waals surface area contributed by atoms with E-state index in [9.17, 15) is 15.0 Å². The molecule has 1 aliphatic heterocycles. The fourth-order valence-corrected chi connectivity index (χ4v) is 9.03. The van der Waals surface area contributed by atoms with E-state index in [4.69, 9.17) is 45.6 Å². The van der Waals surface area contributed by atoms with Crippen LogP contribution in [-0.2, 0) is 22.6 Å². The lowest BCUT2D eigenvalue weighted by molar-refractivity contribution is -0.138. The lowest BCUT2D eigenvalue weighted by atomic mass is 9.83. The Morgan fingerprint density at radius 3 is 2.29 bits per heavy atom. The highest BCUT2D eigenvalue weighted by Gasteiger charge is 2.30. The molecule has 308 valence electrons. The van der Waals surface area contributed by atoms with Crippen LogP contribution in [-0.4, -0.2) is 113 Å². The van der Waals surface area contributed by atoms with Gasteiger partial charge >= 0.3 is 5.97 Å². The van der Waals surface area contributed by atoms with Gasteiger partial charge in [0.1, 0.15) is 5.75 Å². The van der Waals surface area contributed by atoms with E-state index in [1.54, 1.807) is 26.0 Å². The molecule has 58 heavy (non-hydrogen) atoms. The first-order chi connectivity index (χ1) is 28.0. The van der Waals surface area contributed by atoms with Crippen molar-refractivity contribution in [1.82, 2.24) is 29.5 Å². The van der Waals surface area contributed by atoms with Crippen LogP contribution in [0.25, 0.3) is 39.1 Å². The number of hydrogen-bond donors (Lipinski definition) is 2. The van der Waals surface area contributed by atoms with E-state index in [0.717, 1.165) is 76.4 Å². The van der Waals surface area contributed by atoms with Crippen molar-refractivity contribution in [3.8, 4) is 45.7 Å². The van der Waals surface area contributed by atoms with Gasteiger partial charge in [0, 0.05) is 66.3 Å². The second kappa shape index (κ2) is 18.0. The van der Waals surface area contributed by atoms with Crippen LogP contribution in [0.5, 0.6) is 17.5 Å². The van der Waals surface area contributed by atoms with Crippen molar-refractivity contribution < 1.29 is 34.0 Å². The highest BCUT2D eigenvalue weighted by atomic mass is 35.5. The van der Waals surface area contributed by atoms with E-state index in [0.29, 0.717) is 66.4 Å². The number of aliphatic hydroxyl groups excluding tert-OH is 1. The Balaban J connectivity index is 1.16. The van der Waals surface area contributed by atoms with Crippen LogP contribution in [0.2, 0.25) is 5.02 Å². The number of carbonyl (C=O) groups is 1. The first-order valence-corrected chi connectivity index (χ1v) is 20.2. The molecule has 2 N–H and O–H groups in total. The fraction of sp³-hybridized carbons (Fsp3) is 0.455. The molecule has 0 radical (unpaired) electrons. The number of fused-ring (bicyclic) bond motifs is 1. The average Bonchev–Trinajstić information content (AvgIpc) is 3.66. The van der Waals surface area contributed by atoms with E-state index in [1.165, 1.54) is 0 Å². The summed E-state index contributed by atoms with van der Waals surface area (Å²) in [6.45, 7) is 4.11. The second-order valence-electron chi connectivity index (χ2n) is 15.5. The van der Waals surface area contributed by atoms with Gasteiger partial charge in [-0.1, -0.05) is 41.9 Å². The number of rotatable bonds is 14. The van der Waals surface area contributed by atoms with Crippen LogP contribution in [0.1, 0.15) is 55.2 Å². The van der Waals surface area contributed by atoms with E-state index < -0.39 is 12.1 Å². The number of aliphatic hydroxyl groups is 1. The van der Waals surface area contributed by atoms with Crippen molar-refractivity contribution in [1.29, 1.82) is 0 Å². The van der Waals surface area contributed by atoms with Gasteiger partial charge < -0.3 is 29.2 Å². The van der Waals surface area contributed by atoms with Crippen LogP contribution in [0.15, 0.2) is 54.7 Å². The van der Waals surface area contributed by atoms with Crippen molar-refractivity contribution in [2.45, 2.75) is 76.7 Å². The normalized spacial score (nSPS) is 19.8. The molecule has 2 aliphatic rings. The Bertz CT molecular complexity index is 2230. The summed E-state index contributed by atoms with van der Waals surface area (Å²) in [5.74, 6) is 1.64. The first kappa shape index (κ1) is 41.4. The monoisotopic (exact) mass is 812 g/mol. The van der Waals surface area contributed by atoms with Gasteiger partial charge in [-0.2, -0.15) is 10.1 Å². The van der Waals surface area contributed by atoms with Gasteiger partial charge in [-0.25, -0.2) is 9.67 Å². The number of pyridine rings is 2. The number of carboxylic acid groups (broad SMARTS) is 1. The standard InChI is InChI=1S/C44H53ClN6O7/c1-26-19-35(47-43(56-5)33(26)23-49(2)28-15-13-27(14-16-28)20-41(53)54)31-11-7-10-30(42(31)45)29-9-8-12-36-32(29)22-46-51(36)40-21-39(55-4)34(44(48-40)57-6)24-50(3)37-17-18-58-25-38(37)52/h7-12,19,21-22,27-28,37-38,52H,13-18,20,23-25H2,1-6H3,(H,53,54)/t27?,28?,37-,38+/m1/s1. The maximum Gasteiger partial charge on any atom is 0.303 e. The zero-order chi connectivity index (χ0) is 41.1. The van der Waals surface area contributed by atoms with Crippen molar-refractivity contribution >= 4 is 28.5 Å². The minimum Gasteiger partial charge on any atom is -0.496 e. The molecular weight excluding hydrogens is 760 g/mol. The number of benzene rings is 2. The van der Waals surface area contributed by atoms with Crippen molar-refractivity contribution in [2.24, 2.45) is 5.92 Å². The maximum absolute atomic E-state index is 11.2. The van der Waals surface area contributed by atoms with Gasteiger partial charge in [0.05, 0.1) is 62.0 Å². The third-order valence-corrected chi connectivity index (χ3v) is 12.3. The number of likely N-dealkylation sites (N-methyl/N-ethyl adjacent to an activating group) is 1. The summed E-state index contributed by atoms with van der Waals surface area (Å²) >= 11 is 7.30. The Kier molecular flexibility index (Phi) is 12.8. The smallest absolute Gasteiger partial charge is 0.303 e. The van der Waals surface area contributed by atoms with Gasteiger partial charge in [0.25, 0.3) is 0 Å². The quantitative estimate of drug-likeness (QED) is 0.117. The summed E-state index contributed by atoms with van der Waals surface area (Å²) in [6, 6.07) is 16.2. The summed E-state index contributed by atoms with van der Waals surface area (Å²) in [5, 5.41) is 26.0. The van der Waals surface area contributed by atoms with Gasteiger partial charge in [-0.05, 0) is 82.3 Å². The maximum atomic E-state index is 11.2. The van der Waals surface area contributed by atoms with Crippen LogP contribution < -0.4 is 14.2 Å². The molecule has 1 saturated carbocycles. The Morgan fingerprint density at radius 1 is 0.897 bits per heavy atom. The molecule has 5 aromatic rings. The molecular formula is C44H53ClN6O7. The van der Waals surface area contributed by atoms with Crippen LogP contribution in [0.4, 0.5) is 0 Å². The Hall–Kier alpha value is -4.79. The molecule has 13 nitrogen and oxygen atoms in total. The van der Waals surface area contributed by atoms with Crippen LogP contribution >= 0.6 is 11.6 Å². The summed E-state index contributed by atoms with van der Waals surface area (Å²) in [6.07, 6.45) is 6.00. The molecule has 2 aromatic carbocycles. The van der Waals surface area contributed by atoms with E-state index in [2.05, 4.69) is 29.8 Å². The molecule has 1 saturated heterocycles. The van der Waals surface area contributed by atoms with Crippen LogP contribution in [0.3, 0.4) is 0 Å². The zero-order valence-corrected chi connectivity index (χ0v) is 34.8. The lowest BCUT2D eigenvalue weighted by Crippen LogP contribution is -2.47. The highest BCUT2D eigenvalue weighted by Crippen LogP contribution is 2.41. The number of hydrogen-bond acceptors (Lipinski definition) is 11. The first-order valence-electron chi connectivity index (χ1n) is 19.8. The molecule has 3 aromatic heterocycles. The van der Waals surface area contributed by atoms with E-state index in [1.807, 2.05) is 55.7 Å². The summed E-state index contributed by atoms with van der Waals surface area (Å²) in [4.78, 5) is 25.5. The fourth-order valence-electron chi connectivity index (χ4n) is 8.70. The third kappa shape index (κ3) is 8.50. The third-order valence-electron chi connectivity index (χ3n) is 11.9. The average molecular weight is 813 g/mol. The molecule has 2 fully saturated rings. The van der Waals surface area contributed by atoms with Gasteiger partial charge in [-0.15, -0.1) is 0 Å². The molecule has 7 rings (SSSR count). The van der Waals surface area contributed by atoms with Gasteiger partial charge in [0.2, 0.25) is 11.8 Å². The van der Waals surface area contributed by atoms with E-state index in [-0.39, 0.29) is 18.4 Å². The van der Waals surface area contributed by atoms with Gasteiger partial charge in [-0.3, -0.25) is 14.6 Å². The number of aliphatic carboxylic acids is 1. The number of methoxy groups -OCH3 is 3. The molecule has 0 spiro atoms. The topological polar surface area (TPSA) is 145 Å². The summed E-state index contributed by atoms with van der Waals surface area (Å²) in [5.41, 5.74) is 6.90. The minimum absolute atomic E-state index is 0.0648. The SMILES string of the molecule is COc1cc(-n2ncc3c(-c4cccc(-c5cc(C)c(CN(C)C6CCC(CC(=O)O)CC6)c(OC)n5)c4Cl)cccc32)nc(OC)c1CN(C)[C@@H]1CCOC[C@@H]1O. The number of halogens is 1. The van der Waals surface area contributed by atoms with Crippen molar-refractivity contribution in [2.75, 3.05) is 48.6 Å². The lowest BCUT2D eigenvalue weighted by Gasteiger charge is -2.35. The molecule has 0 amide bonds. The number of carboxylic acids is 1. The van der Waals surface area contributed by atoms with Crippen LogP contribution in [0, 0.1) is 12.8 Å². The second-order valence-corrected chi connectivity index (χ2v) is 15.9.